The summed E-state index contributed by atoms with van der Waals surface area (Å²) >= 11 is 0. The van der Waals surface area contributed by atoms with Gasteiger partial charge < -0.3 is 5.11 Å². The molecular weight excluding hydrogens is 180 g/mol. The third-order valence-electron chi connectivity index (χ3n) is 2.67. The maximum absolute atomic E-state index is 10.2. The maximum Gasteiger partial charge on any atom is 0.324 e. The van der Waals surface area contributed by atoms with E-state index < -0.39 is 5.97 Å². The van der Waals surface area contributed by atoms with Gasteiger partial charge in [-0.1, -0.05) is 13.8 Å². The zero-order chi connectivity index (χ0) is 10.6. The van der Waals surface area contributed by atoms with Crippen LogP contribution in [0.4, 0.5) is 0 Å². The van der Waals surface area contributed by atoms with Crippen molar-refractivity contribution in [3.8, 4) is 0 Å². The number of hydrogen-bond donors (Lipinski definition) is 2. The number of carbonyl (C=O) groups is 1. The molecule has 4 heteroatoms. The fraction of sp³-hybridized carbons (Fsp3) is 0.800. The second kappa shape index (κ2) is 4.98. The zero-order valence-corrected chi connectivity index (χ0v) is 8.79. The molecule has 2 N–H and O–H groups in total. The predicted molar refractivity (Wildman–Crippen MR) is 55.3 cm³/mol. The van der Waals surface area contributed by atoms with Crippen LogP contribution in [-0.2, 0) is 4.79 Å². The summed E-state index contributed by atoms with van der Waals surface area (Å²) in [4.78, 5) is 10.2. The van der Waals surface area contributed by atoms with Crippen LogP contribution in [0.1, 0.15) is 33.1 Å². The molecule has 2 unspecified atom stereocenters. The van der Waals surface area contributed by atoms with Crippen LogP contribution in [0.5, 0.6) is 0 Å². The van der Waals surface area contributed by atoms with E-state index in [0.29, 0.717) is 5.92 Å². The largest absolute Gasteiger partial charge is 0.480 e. The van der Waals surface area contributed by atoms with Gasteiger partial charge in [0.15, 0.2) is 0 Å². The second-order valence-electron chi connectivity index (χ2n) is 4.11. The molecule has 0 saturated heterocycles. The molecule has 80 valence electrons. The van der Waals surface area contributed by atoms with E-state index >= 15 is 0 Å². The van der Waals surface area contributed by atoms with Crippen LogP contribution < -0.4 is 5.43 Å². The third kappa shape index (κ3) is 3.36. The normalized spacial score (nSPS) is 30.3. The molecule has 0 spiro atoms. The first-order valence-electron chi connectivity index (χ1n) is 5.10. The van der Waals surface area contributed by atoms with Gasteiger partial charge in [-0.15, -0.1) is 0 Å². The minimum absolute atomic E-state index is 0.0915. The zero-order valence-electron chi connectivity index (χ0n) is 8.79. The molecule has 1 fully saturated rings. The lowest BCUT2D eigenvalue weighted by Crippen LogP contribution is -2.26. The van der Waals surface area contributed by atoms with Gasteiger partial charge in [0, 0.05) is 5.71 Å². The maximum atomic E-state index is 10.2. The van der Waals surface area contributed by atoms with Gasteiger partial charge in [0.05, 0.1) is 0 Å². The van der Waals surface area contributed by atoms with Gasteiger partial charge in [-0.25, -0.2) is 0 Å². The van der Waals surface area contributed by atoms with E-state index in [0.717, 1.165) is 30.9 Å². The van der Waals surface area contributed by atoms with Crippen molar-refractivity contribution < 1.29 is 9.90 Å². The Morgan fingerprint density at radius 3 is 2.93 bits per heavy atom. The lowest BCUT2D eigenvalue weighted by atomic mass is 9.82. The first-order valence-corrected chi connectivity index (χ1v) is 5.10. The molecule has 1 aliphatic carbocycles. The highest BCUT2D eigenvalue weighted by Crippen LogP contribution is 2.25. The minimum atomic E-state index is -0.869. The smallest absolute Gasteiger partial charge is 0.324 e. The molecule has 1 saturated carbocycles. The van der Waals surface area contributed by atoms with E-state index in [4.69, 9.17) is 5.11 Å². The Morgan fingerprint density at radius 2 is 2.36 bits per heavy atom. The molecule has 0 radical (unpaired) electrons. The summed E-state index contributed by atoms with van der Waals surface area (Å²) < 4.78 is 0. The Labute approximate surface area is 84.4 Å². The lowest BCUT2D eigenvalue weighted by molar-refractivity contribution is -0.135. The molecule has 0 aliphatic heterocycles. The average molecular weight is 198 g/mol. The fourth-order valence-electron chi connectivity index (χ4n) is 1.87. The number of aliphatic carboxylic acids is 1. The number of hydrazone groups is 1. The number of carboxylic acids is 1. The van der Waals surface area contributed by atoms with Crippen LogP contribution in [0, 0.1) is 11.8 Å². The van der Waals surface area contributed by atoms with Gasteiger partial charge in [-0.3, -0.25) is 10.2 Å². The highest BCUT2D eigenvalue weighted by molar-refractivity contribution is 5.87. The van der Waals surface area contributed by atoms with E-state index in [1.165, 1.54) is 0 Å². The second-order valence-corrected chi connectivity index (χ2v) is 4.11. The number of nitrogens with one attached hydrogen (secondary N) is 1. The summed E-state index contributed by atoms with van der Waals surface area (Å²) in [6, 6.07) is 0. The molecule has 2 atom stereocenters. The van der Waals surface area contributed by atoms with Crippen molar-refractivity contribution in [1.29, 1.82) is 0 Å². The quantitative estimate of drug-likeness (QED) is 0.675. The van der Waals surface area contributed by atoms with Crippen molar-refractivity contribution in [2.45, 2.75) is 33.1 Å². The van der Waals surface area contributed by atoms with Gasteiger partial charge in [-0.2, -0.15) is 5.10 Å². The molecule has 0 aromatic carbocycles. The van der Waals surface area contributed by atoms with E-state index in [1.54, 1.807) is 0 Å². The number of carboxylic acid groups (broad SMARTS) is 1. The molecule has 0 amide bonds. The summed E-state index contributed by atoms with van der Waals surface area (Å²) in [7, 11) is 0. The summed E-state index contributed by atoms with van der Waals surface area (Å²) in [6.45, 7) is 4.31. The lowest BCUT2D eigenvalue weighted by Gasteiger charge is -2.25. The Bertz CT molecular complexity index is 238. The molecule has 14 heavy (non-hydrogen) atoms. The van der Waals surface area contributed by atoms with Crippen LogP contribution >= 0.6 is 0 Å². The number of rotatable bonds is 3. The molecule has 4 nitrogen and oxygen atoms in total. The first kappa shape index (κ1) is 11.0. The summed E-state index contributed by atoms with van der Waals surface area (Å²) in [6.07, 6.45) is 3.32. The topological polar surface area (TPSA) is 61.7 Å². The van der Waals surface area contributed by atoms with Gasteiger partial charge >= 0.3 is 5.97 Å². The monoisotopic (exact) mass is 198 g/mol. The summed E-state index contributed by atoms with van der Waals surface area (Å²) in [5.74, 6) is 0.384. The molecule has 1 aliphatic rings. The van der Waals surface area contributed by atoms with Crippen molar-refractivity contribution in [1.82, 2.24) is 5.43 Å². The summed E-state index contributed by atoms with van der Waals surface area (Å²) in [5.41, 5.74) is 3.70. The van der Waals surface area contributed by atoms with Crippen molar-refractivity contribution in [2.24, 2.45) is 16.9 Å². The Hall–Kier alpha value is -1.06. The minimum Gasteiger partial charge on any atom is -0.480 e. The van der Waals surface area contributed by atoms with E-state index in [1.807, 2.05) is 0 Å². The van der Waals surface area contributed by atoms with Gasteiger partial charge in [0.2, 0.25) is 0 Å². The Kier molecular flexibility index (Phi) is 3.92. The predicted octanol–water partition coefficient (Wildman–Crippen LogP) is 1.47. The molecule has 0 aromatic rings. The fourth-order valence-corrected chi connectivity index (χ4v) is 1.87. The Balaban J connectivity index is 2.39. The highest BCUT2D eigenvalue weighted by Gasteiger charge is 2.20. The van der Waals surface area contributed by atoms with Crippen LogP contribution in [0.15, 0.2) is 5.10 Å². The molecular formula is C10H18N2O2. The molecule has 0 heterocycles. The number of hydrogen-bond acceptors (Lipinski definition) is 3. The van der Waals surface area contributed by atoms with Crippen LogP contribution in [0.25, 0.3) is 0 Å². The van der Waals surface area contributed by atoms with E-state index in [2.05, 4.69) is 24.4 Å². The van der Waals surface area contributed by atoms with Gasteiger partial charge in [-0.05, 0) is 31.1 Å². The van der Waals surface area contributed by atoms with Crippen molar-refractivity contribution >= 4 is 11.7 Å². The SMILES string of the molecule is CC1CC/C(=N/NCC(=O)O)C(C)C1. The van der Waals surface area contributed by atoms with Gasteiger partial charge in [0.1, 0.15) is 6.54 Å². The average Bonchev–Trinajstić information content (AvgIpc) is 2.08. The molecule has 0 bridgehead atoms. The van der Waals surface area contributed by atoms with Crippen LogP contribution in [0.3, 0.4) is 0 Å². The van der Waals surface area contributed by atoms with Crippen molar-refractivity contribution in [2.75, 3.05) is 6.54 Å². The summed E-state index contributed by atoms with van der Waals surface area (Å²) in [5, 5.41) is 12.5. The van der Waals surface area contributed by atoms with Crippen molar-refractivity contribution in [3.05, 3.63) is 0 Å². The van der Waals surface area contributed by atoms with Crippen LogP contribution in [0.2, 0.25) is 0 Å². The molecule has 1 rings (SSSR count). The first-order chi connectivity index (χ1) is 6.59. The number of nitrogens with zero attached hydrogens (tertiary/aromatic N) is 1. The van der Waals surface area contributed by atoms with Crippen LogP contribution in [-0.4, -0.2) is 23.3 Å². The van der Waals surface area contributed by atoms with Crippen molar-refractivity contribution in [3.63, 3.8) is 0 Å². The van der Waals surface area contributed by atoms with E-state index in [-0.39, 0.29) is 6.54 Å². The Morgan fingerprint density at radius 1 is 1.64 bits per heavy atom. The molecule has 0 aromatic heterocycles. The standard InChI is InChI=1S/C10H18N2O2/c1-7-3-4-9(8(2)5-7)12-11-6-10(13)14/h7-8,11H,3-6H2,1-2H3,(H,13,14)/b12-9-. The van der Waals surface area contributed by atoms with E-state index in [9.17, 15) is 4.79 Å². The highest BCUT2D eigenvalue weighted by atomic mass is 16.4. The third-order valence-corrected chi connectivity index (χ3v) is 2.67. The van der Waals surface area contributed by atoms with Gasteiger partial charge in [0.25, 0.3) is 0 Å².